The predicted molar refractivity (Wildman–Crippen MR) is 76.9 cm³/mol. The van der Waals surface area contributed by atoms with Crippen LogP contribution >= 0.6 is 0 Å². The molecular formula is C14H19N3O3. The number of amides is 1. The highest BCUT2D eigenvalue weighted by Crippen LogP contribution is 2.28. The van der Waals surface area contributed by atoms with E-state index >= 15 is 0 Å². The molecule has 1 aliphatic rings. The van der Waals surface area contributed by atoms with E-state index in [1.54, 1.807) is 19.2 Å². The fraction of sp³-hybridized carbons (Fsp3) is 0.500. The zero-order chi connectivity index (χ0) is 14.5. The van der Waals surface area contributed by atoms with Gasteiger partial charge in [-0.05, 0) is 30.9 Å². The zero-order valence-electron chi connectivity index (χ0n) is 11.5. The lowest BCUT2D eigenvalue weighted by molar-refractivity contribution is -0.384. The average Bonchev–Trinajstić information content (AvgIpc) is 2.96. The summed E-state index contributed by atoms with van der Waals surface area (Å²) in [6.45, 7) is 0.597. The van der Waals surface area contributed by atoms with Gasteiger partial charge in [-0.15, -0.1) is 0 Å². The van der Waals surface area contributed by atoms with E-state index in [1.165, 1.54) is 18.9 Å². The van der Waals surface area contributed by atoms with E-state index in [0.717, 1.165) is 12.8 Å². The third-order valence-corrected chi connectivity index (χ3v) is 3.76. The van der Waals surface area contributed by atoms with Crippen molar-refractivity contribution >= 4 is 17.3 Å². The van der Waals surface area contributed by atoms with Crippen molar-refractivity contribution in [3.63, 3.8) is 0 Å². The number of nitrogens with zero attached hydrogens (tertiary/aromatic N) is 1. The molecule has 1 amide bonds. The third-order valence-electron chi connectivity index (χ3n) is 3.76. The van der Waals surface area contributed by atoms with Gasteiger partial charge in [0.25, 0.3) is 5.91 Å². The monoisotopic (exact) mass is 277 g/mol. The molecule has 2 rings (SSSR count). The molecule has 1 aromatic carbocycles. The number of benzene rings is 1. The predicted octanol–water partition coefficient (Wildman–Crippen LogP) is 2.56. The first-order valence-electron chi connectivity index (χ1n) is 6.87. The van der Waals surface area contributed by atoms with Gasteiger partial charge in [0.1, 0.15) is 11.3 Å². The Labute approximate surface area is 117 Å². The summed E-state index contributed by atoms with van der Waals surface area (Å²) in [5, 5.41) is 16.7. The van der Waals surface area contributed by atoms with Gasteiger partial charge < -0.3 is 10.6 Å². The third kappa shape index (κ3) is 3.07. The molecule has 0 aromatic heterocycles. The molecule has 6 heteroatoms. The molecular weight excluding hydrogens is 258 g/mol. The second-order valence-corrected chi connectivity index (χ2v) is 5.07. The number of nitro groups is 1. The minimum atomic E-state index is -0.518. The van der Waals surface area contributed by atoms with Crippen LogP contribution in [0.4, 0.5) is 11.4 Å². The van der Waals surface area contributed by atoms with Crippen molar-refractivity contribution < 1.29 is 9.72 Å². The number of rotatable bonds is 5. The zero-order valence-corrected chi connectivity index (χ0v) is 11.5. The fourth-order valence-electron chi connectivity index (χ4n) is 2.67. The minimum Gasteiger partial charge on any atom is -0.383 e. The maximum Gasteiger partial charge on any atom is 0.305 e. The molecule has 0 unspecified atom stereocenters. The molecule has 0 atom stereocenters. The lowest BCUT2D eigenvalue weighted by Gasteiger charge is -2.11. The van der Waals surface area contributed by atoms with Crippen LogP contribution < -0.4 is 10.6 Å². The van der Waals surface area contributed by atoms with Crippen molar-refractivity contribution in [2.45, 2.75) is 25.7 Å². The fourth-order valence-corrected chi connectivity index (χ4v) is 2.67. The first-order chi connectivity index (χ1) is 9.63. The Morgan fingerprint density at radius 1 is 1.40 bits per heavy atom. The van der Waals surface area contributed by atoms with Crippen molar-refractivity contribution in [2.24, 2.45) is 5.92 Å². The maximum atomic E-state index is 12.2. The molecule has 1 aromatic rings. The highest BCUT2D eigenvalue weighted by molar-refractivity contribution is 6.00. The Kier molecular flexibility index (Phi) is 4.55. The van der Waals surface area contributed by atoms with Crippen molar-refractivity contribution in [3.8, 4) is 0 Å². The van der Waals surface area contributed by atoms with Crippen molar-refractivity contribution in [2.75, 3.05) is 18.9 Å². The quantitative estimate of drug-likeness (QED) is 0.640. The Bertz CT molecular complexity index is 510. The van der Waals surface area contributed by atoms with E-state index in [4.69, 9.17) is 0 Å². The van der Waals surface area contributed by atoms with Gasteiger partial charge >= 0.3 is 5.69 Å². The highest BCUT2D eigenvalue weighted by Gasteiger charge is 2.24. The molecule has 1 fully saturated rings. The number of para-hydroxylation sites is 1. The van der Waals surface area contributed by atoms with Crippen molar-refractivity contribution in [1.29, 1.82) is 0 Å². The molecule has 2 N–H and O–H groups in total. The Morgan fingerprint density at radius 2 is 2.10 bits per heavy atom. The number of carbonyl (C=O) groups is 1. The Balaban J connectivity index is 2.14. The van der Waals surface area contributed by atoms with Gasteiger partial charge in [-0.1, -0.05) is 18.9 Å². The number of hydrogen-bond donors (Lipinski definition) is 2. The molecule has 108 valence electrons. The van der Waals surface area contributed by atoms with Gasteiger partial charge in [0.05, 0.1) is 4.92 Å². The van der Waals surface area contributed by atoms with Crippen molar-refractivity contribution in [1.82, 2.24) is 5.32 Å². The van der Waals surface area contributed by atoms with Crippen LogP contribution in [0.2, 0.25) is 0 Å². The maximum absolute atomic E-state index is 12.2. The van der Waals surface area contributed by atoms with Gasteiger partial charge in [-0.25, -0.2) is 0 Å². The SMILES string of the molecule is CNc1cccc(C(=O)NCC2CCCC2)c1[N+](=O)[O-]. The first kappa shape index (κ1) is 14.3. The van der Waals surface area contributed by atoms with Gasteiger partial charge in [0.2, 0.25) is 0 Å². The number of anilines is 1. The van der Waals surface area contributed by atoms with Crippen LogP contribution in [-0.2, 0) is 0 Å². The first-order valence-corrected chi connectivity index (χ1v) is 6.87. The second-order valence-electron chi connectivity index (χ2n) is 5.07. The molecule has 20 heavy (non-hydrogen) atoms. The van der Waals surface area contributed by atoms with Gasteiger partial charge in [-0.2, -0.15) is 0 Å². The van der Waals surface area contributed by atoms with Gasteiger partial charge in [0, 0.05) is 13.6 Å². The smallest absolute Gasteiger partial charge is 0.305 e. The van der Waals surface area contributed by atoms with Crippen LogP contribution in [0.15, 0.2) is 18.2 Å². The van der Waals surface area contributed by atoms with Crippen LogP contribution in [0, 0.1) is 16.0 Å². The van der Waals surface area contributed by atoms with Gasteiger partial charge in [-0.3, -0.25) is 14.9 Å². The number of nitrogens with one attached hydrogen (secondary N) is 2. The summed E-state index contributed by atoms with van der Waals surface area (Å²) in [6.07, 6.45) is 4.66. The van der Waals surface area contributed by atoms with Crippen LogP contribution in [-0.4, -0.2) is 24.4 Å². The number of hydrogen-bond acceptors (Lipinski definition) is 4. The standard InChI is InChI=1S/C14H19N3O3/c1-15-12-8-4-7-11(13(12)17(19)20)14(18)16-9-10-5-2-3-6-10/h4,7-8,10,15H,2-3,5-6,9H2,1H3,(H,16,18). The van der Waals surface area contributed by atoms with E-state index < -0.39 is 4.92 Å². The number of carbonyl (C=O) groups excluding carboxylic acids is 1. The minimum absolute atomic E-state index is 0.111. The summed E-state index contributed by atoms with van der Waals surface area (Å²) in [6, 6.07) is 4.72. The average molecular weight is 277 g/mol. The second kappa shape index (κ2) is 6.36. The molecule has 6 nitrogen and oxygen atoms in total. The highest BCUT2D eigenvalue weighted by atomic mass is 16.6. The summed E-state index contributed by atoms with van der Waals surface area (Å²) < 4.78 is 0. The number of nitro benzene ring substituents is 1. The van der Waals surface area contributed by atoms with E-state index in [2.05, 4.69) is 10.6 Å². The lowest BCUT2D eigenvalue weighted by atomic mass is 10.1. The molecule has 0 radical (unpaired) electrons. The topological polar surface area (TPSA) is 84.3 Å². The molecule has 1 saturated carbocycles. The van der Waals surface area contributed by atoms with Crippen LogP contribution in [0.3, 0.4) is 0 Å². The Hall–Kier alpha value is -2.11. The van der Waals surface area contributed by atoms with Crippen LogP contribution in [0.5, 0.6) is 0 Å². The van der Waals surface area contributed by atoms with Crippen LogP contribution in [0.25, 0.3) is 0 Å². The summed E-state index contributed by atoms with van der Waals surface area (Å²) in [7, 11) is 1.60. The van der Waals surface area contributed by atoms with E-state index in [-0.39, 0.29) is 17.2 Å². The summed E-state index contributed by atoms with van der Waals surface area (Å²) in [5.74, 6) is 0.131. The molecule has 0 aliphatic heterocycles. The Morgan fingerprint density at radius 3 is 2.70 bits per heavy atom. The molecule has 0 spiro atoms. The van der Waals surface area contributed by atoms with E-state index in [1.807, 2.05) is 0 Å². The molecule has 1 aliphatic carbocycles. The van der Waals surface area contributed by atoms with Crippen molar-refractivity contribution in [3.05, 3.63) is 33.9 Å². The summed E-state index contributed by atoms with van der Waals surface area (Å²) in [4.78, 5) is 22.8. The molecule has 0 heterocycles. The molecule has 0 saturated heterocycles. The summed E-state index contributed by atoms with van der Waals surface area (Å²) in [5.41, 5.74) is 0.294. The van der Waals surface area contributed by atoms with E-state index in [9.17, 15) is 14.9 Å². The summed E-state index contributed by atoms with van der Waals surface area (Å²) >= 11 is 0. The molecule has 0 bridgehead atoms. The van der Waals surface area contributed by atoms with E-state index in [0.29, 0.717) is 18.2 Å². The normalized spacial score (nSPS) is 15.1. The lowest BCUT2D eigenvalue weighted by Crippen LogP contribution is -2.29. The van der Waals surface area contributed by atoms with Gasteiger partial charge in [0.15, 0.2) is 0 Å². The van der Waals surface area contributed by atoms with Crippen LogP contribution in [0.1, 0.15) is 36.0 Å². The largest absolute Gasteiger partial charge is 0.383 e.